The van der Waals surface area contributed by atoms with Gasteiger partial charge in [0.15, 0.2) is 0 Å². The molecule has 3 heteroatoms. The largest absolute Gasteiger partial charge is 0.383 e. The maximum Gasteiger partial charge on any atom is 0.105 e. The van der Waals surface area contributed by atoms with Gasteiger partial charge in [-0.2, -0.15) is 0 Å². The van der Waals surface area contributed by atoms with Crippen molar-refractivity contribution in [1.29, 1.82) is 0 Å². The van der Waals surface area contributed by atoms with E-state index in [1.807, 2.05) is 19.3 Å². The van der Waals surface area contributed by atoms with Crippen molar-refractivity contribution < 1.29 is 0 Å². The van der Waals surface area contributed by atoms with E-state index in [0.717, 1.165) is 25.3 Å². The first-order valence-electron chi connectivity index (χ1n) is 6.10. The molecule has 0 fully saturated rings. The lowest BCUT2D eigenvalue weighted by molar-refractivity contribution is 0.701. The maximum atomic E-state index is 4.20. The summed E-state index contributed by atoms with van der Waals surface area (Å²) in [6.45, 7) is 6.06. The molecule has 3 nitrogen and oxygen atoms in total. The van der Waals surface area contributed by atoms with Crippen molar-refractivity contribution in [2.24, 2.45) is 0 Å². The minimum absolute atomic E-state index is 0.919. The molecule has 0 saturated heterocycles. The molecule has 1 aromatic carbocycles. The van der Waals surface area contributed by atoms with Crippen LogP contribution in [0.3, 0.4) is 0 Å². The lowest BCUT2D eigenvalue weighted by Crippen LogP contribution is -2.10. The van der Waals surface area contributed by atoms with E-state index in [1.165, 1.54) is 11.3 Å². The summed E-state index contributed by atoms with van der Waals surface area (Å²) in [4.78, 5) is 4.20. The SMILES string of the molecule is CCc1ccc(NCCn2ccnc2C)cc1. The van der Waals surface area contributed by atoms with Crippen molar-refractivity contribution in [3.05, 3.63) is 48.0 Å². The summed E-state index contributed by atoms with van der Waals surface area (Å²) in [5.41, 5.74) is 2.56. The van der Waals surface area contributed by atoms with Gasteiger partial charge >= 0.3 is 0 Å². The minimum atomic E-state index is 0.919. The van der Waals surface area contributed by atoms with Crippen LogP contribution in [0.15, 0.2) is 36.7 Å². The van der Waals surface area contributed by atoms with Gasteiger partial charge < -0.3 is 9.88 Å². The lowest BCUT2D eigenvalue weighted by Gasteiger charge is -2.08. The third kappa shape index (κ3) is 3.09. The second-order valence-corrected chi connectivity index (χ2v) is 4.15. The normalized spacial score (nSPS) is 10.5. The summed E-state index contributed by atoms with van der Waals surface area (Å²) in [6, 6.07) is 8.62. The van der Waals surface area contributed by atoms with E-state index < -0.39 is 0 Å². The van der Waals surface area contributed by atoms with Crippen molar-refractivity contribution in [3.8, 4) is 0 Å². The molecule has 1 N–H and O–H groups in total. The van der Waals surface area contributed by atoms with Crippen LogP contribution in [0.4, 0.5) is 5.69 Å². The molecule has 0 bridgehead atoms. The fraction of sp³-hybridized carbons (Fsp3) is 0.357. The molecule has 17 heavy (non-hydrogen) atoms. The minimum Gasteiger partial charge on any atom is -0.383 e. The van der Waals surface area contributed by atoms with E-state index in [-0.39, 0.29) is 0 Å². The molecule has 2 rings (SSSR count). The summed E-state index contributed by atoms with van der Waals surface area (Å²) in [7, 11) is 0. The Hall–Kier alpha value is -1.77. The first kappa shape index (κ1) is 11.7. The number of nitrogens with one attached hydrogen (secondary N) is 1. The van der Waals surface area contributed by atoms with Gasteiger partial charge in [0, 0.05) is 31.2 Å². The van der Waals surface area contributed by atoms with Crippen LogP contribution in [-0.2, 0) is 13.0 Å². The molecule has 1 heterocycles. The monoisotopic (exact) mass is 229 g/mol. The number of imidazole rings is 1. The number of anilines is 1. The van der Waals surface area contributed by atoms with Gasteiger partial charge in [0.25, 0.3) is 0 Å². The molecule has 0 aliphatic carbocycles. The number of hydrogen-bond acceptors (Lipinski definition) is 2. The van der Waals surface area contributed by atoms with Gasteiger partial charge in [-0.15, -0.1) is 0 Å². The van der Waals surface area contributed by atoms with Gasteiger partial charge in [-0.1, -0.05) is 19.1 Å². The van der Waals surface area contributed by atoms with Gasteiger partial charge in [-0.05, 0) is 31.0 Å². The Balaban J connectivity index is 1.83. The van der Waals surface area contributed by atoms with E-state index in [4.69, 9.17) is 0 Å². The fourth-order valence-corrected chi connectivity index (χ4v) is 1.82. The van der Waals surface area contributed by atoms with Crippen LogP contribution in [0.5, 0.6) is 0 Å². The van der Waals surface area contributed by atoms with Crippen LogP contribution in [-0.4, -0.2) is 16.1 Å². The van der Waals surface area contributed by atoms with Crippen LogP contribution in [0.1, 0.15) is 18.3 Å². The molecule has 0 atom stereocenters. The van der Waals surface area contributed by atoms with Crippen LogP contribution >= 0.6 is 0 Å². The van der Waals surface area contributed by atoms with E-state index >= 15 is 0 Å². The van der Waals surface area contributed by atoms with E-state index in [9.17, 15) is 0 Å². The van der Waals surface area contributed by atoms with Crippen molar-refractivity contribution in [3.63, 3.8) is 0 Å². The van der Waals surface area contributed by atoms with Crippen LogP contribution in [0.2, 0.25) is 0 Å². The van der Waals surface area contributed by atoms with Gasteiger partial charge in [0.1, 0.15) is 5.82 Å². The highest BCUT2D eigenvalue weighted by atomic mass is 15.1. The second-order valence-electron chi connectivity index (χ2n) is 4.15. The number of rotatable bonds is 5. The Morgan fingerprint density at radius 2 is 2.00 bits per heavy atom. The molecule has 0 spiro atoms. The molecule has 0 aliphatic heterocycles. The first-order chi connectivity index (χ1) is 8.29. The van der Waals surface area contributed by atoms with E-state index in [2.05, 4.69) is 46.1 Å². The predicted octanol–water partition coefficient (Wildman–Crippen LogP) is 2.87. The number of aromatic nitrogens is 2. The topological polar surface area (TPSA) is 29.9 Å². The molecular formula is C14H19N3. The quantitative estimate of drug-likeness (QED) is 0.854. The molecular weight excluding hydrogens is 210 g/mol. The number of benzene rings is 1. The molecule has 0 aliphatic rings. The van der Waals surface area contributed by atoms with Gasteiger partial charge in [0.2, 0.25) is 0 Å². The Morgan fingerprint density at radius 1 is 1.24 bits per heavy atom. The van der Waals surface area contributed by atoms with Gasteiger partial charge in [0.05, 0.1) is 0 Å². The summed E-state index contributed by atoms with van der Waals surface area (Å²) in [5.74, 6) is 1.06. The zero-order chi connectivity index (χ0) is 12.1. The third-order valence-corrected chi connectivity index (χ3v) is 2.97. The summed E-state index contributed by atoms with van der Waals surface area (Å²) < 4.78 is 2.15. The number of nitrogens with zero attached hydrogens (tertiary/aromatic N) is 2. The molecule has 1 aromatic heterocycles. The molecule has 2 aromatic rings. The van der Waals surface area contributed by atoms with Gasteiger partial charge in [-0.3, -0.25) is 0 Å². The maximum absolute atomic E-state index is 4.20. The highest BCUT2D eigenvalue weighted by Crippen LogP contribution is 2.09. The smallest absolute Gasteiger partial charge is 0.105 e. The number of hydrogen-bond donors (Lipinski definition) is 1. The second kappa shape index (κ2) is 5.53. The van der Waals surface area contributed by atoms with Crippen molar-refractivity contribution in [2.75, 3.05) is 11.9 Å². The summed E-state index contributed by atoms with van der Waals surface area (Å²) in [6.07, 6.45) is 4.94. The van der Waals surface area contributed by atoms with Crippen molar-refractivity contribution in [2.45, 2.75) is 26.8 Å². The zero-order valence-corrected chi connectivity index (χ0v) is 10.5. The number of aryl methyl sites for hydroxylation is 2. The third-order valence-electron chi connectivity index (χ3n) is 2.97. The Morgan fingerprint density at radius 3 is 2.59 bits per heavy atom. The van der Waals surface area contributed by atoms with Gasteiger partial charge in [-0.25, -0.2) is 4.98 Å². The molecule has 90 valence electrons. The highest BCUT2D eigenvalue weighted by molar-refractivity contribution is 5.44. The Labute approximate surface area is 103 Å². The Bertz CT molecular complexity index is 457. The van der Waals surface area contributed by atoms with Crippen LogP contribution < -0.4 is 5.32 Å². The average Bonchev–Trinajstić information content (AvgIpc) is 2.76. The fourth-order valence-electron chi connectivity index (χ4n) is 1.82. The zero-order valence-electron chi connectivity index (χ0n) is 10.5. The lowest BCUT2D eigenvalue weighted by atomic mass is 10.1. The molecule has 0 radical (unpaired) electrons. The average molecular weight is 229 g/mol. The van der Waals surface area contributed by atoms with Crippen molar-refractivity contribution in [1.82, 2.24) is 9.55 Å². The van der Waals surface area contributed by atoms with Crippen molar-refractivity contribution >= 4 is 5.69 Å². The first-order valence-corrected chi connectivity index (χ1v) is 6.10. The van der Waals surface area contributed by atoms with Crippen LogP contribution in [0, 0.1) is 6.92 Å². The predicted molar refractivity (Wildman–Crippen MR) is 71.3 cm³/mol. The molecule has 0 saturated carbocycles. The summed E-state index contributed by atoms with van der Waals surface area (Å²) >= 11 is 0. The standard InChI is InChI=1S/C14H19N3/c1-3-13-4-6-14(7-5-13)16-9-11-17-10-8-15-12(17)2/h4-8,10,16H,3,9,11H2,1-2H3. The molecule has 0 amide bonds. The molecule has 0 unspecified atom stereocenters. The van der Waals surface area contributed by atoms with E-state index in [0.29, 0.717) is 0 Å². The Kier molecular flexibility index (Phi) is 3.81. The van der Waals surface area contributed by atoms with Crippen LogP contribution in [0.25, 0.3) is 0 Å². The summed E-state index contributed by atoms with van der Waals surface area (Å²) in [5, 5.41) is 3.41. The highest BCUT2D eigenvalue weighted by Gasteiger charge is 1.96. The van der Waals surface area contributed by atoms with E-state index in [1.54, 1.807) is 0 Å².